The number of ether oxygens (including phenoxy) is 6. The standard InChI is InChI=1S/C24H33NO10/c1-18(2)35-22(27)17-34-16-15-33-14-13-32-12-11-31-10-9-30-8-7-21(26)25-23(28)19-5-3-4-6-20(19)24(25)29/h3-6,18H,7-17H2,1-2H3. The third-order valence-electron chi connectivity index (χ3n) is 4.58. The Kier molecular flexibility index (Phi) is 13.1. The average molecular weight is 496 g/mol. The Morgan fingerprint density at radius 2 is 1.14 bits per heavy atom. The highest BCUT2D eigenvalue weighted by Crippen LogP contribution is 2.22. The summed E-state index contributed by atoms with van der Waals surface area (Å²) in [7, 11) is 0. The van der Waals surface area contributed by atoms with Crippen molar-refractivity contribution in [3.05, 3.63) is 35.4 Å². The van der Waals surface area contributed by atoms with Crippen molar-refractivity contribution < 1.29 is 47.6 Å². The van der Waals surface area contributed by atoms with Crippen molar-refractivity contribution in [3.8, 4) is 0 Å². The first-order valence-corrected chi connectivity index (χ1v) is 11.5. The molecule has 0 N–H and O–H groups in total. The van der Waals surface area contributed by atoms with Gasteiger partial charge in [-0.25, -0.2) is 9.69 Å². The van der Waals surface area contributed by atoms with E-state index in [1.165, 1.54) is 12.1 Å². The Balaban J connectivity index is 1.36. The first kappa shape index (κ1) is 28.5. The molecule has 35 heavy (non-hydrogen) atoms. The van der Waals surface area contributed by atoms with Crippen LogP contribution in [0.1, 0.15) is 41.0 Å². The topological polar surface area (TPSA) is 127 Å². The number of amides is 3. The molecule has 1 aromatic carbocycles. The van der Waals surface area contributed by atoms with Crippen LogP contribution in [0.25, 0.3) is 0 Å². The van der Waals surface area contributed by atoms with Crippen LogP contribution in [-0.4, -0.2) is 101 Å². The largest absolute Gasteiger partial charge is 0.461 e. The maximum atomic E-state index is 12.3. The third kappa shape index (κ3) is 10.2. The van der Waals surface area contributed by atoms with Gasteiger partial charge in [-0.2, -0.15) is 0 Å². The van der Waals surface area contributed by atoms with Gasteiger partial charge in [-0.15, -0.1) is 0 Å². The maximum Gasteiger partial charge on any atom is 0.332 e. The van der Waals surface area contributed by atoms with Crippen LogP contribution in [0.15, 0.2) is 24.3 Å². The van der Waals surface area contributed by atoms with Crippen LogP contribution in [0.4, 0.5) is 0 Å². The summed E-state index contributed by atoms with van der Waals surface area (Å²) in [5.74, 6) is -2.18. The lowest BCUT2D eigenvalue weighted by Crippen LogP contribution is -2.36. The van der Waals surface area contributed by atoms with Gasteiger partial charge in [0.15, 0.2) is 0 Å². The molecule has 1 aliphatic rings. The van der Waals surface area contributed by atoms with E-state index >= 15 is 0 Å². The first-order chi connectivity index (χ1) is 16.9. The molecule has 0 aliphatic carbocycles. The molecule has 0 fully saturated rings. The minimum absolute atomic E-state index is 0.0755. The molecule has 0 saturated carbocycles. The van der Waals surface area contributed by atoms with Crippen LogP contribution in [0, 0.1) is 0 Å². The van der Waals surface area contributed by atoms with E-state index in [9.17, 15) is 19.2 Å². The average Bonchev–Trinajstić information content (AvgIpc) is 3.08. The summed E-state index contributed by atoms with van der Waals surface area (Å²) in [5, 5.41) is 0. The van der Waals surface area contributed by atoms with Crippen LogP contribution in [0.2, 0.25) is 0 Å². The van der Waals surface area contributed by atoms with E-state index in [1.54, 1.807) is 26.0 Å². The van der Waals surface area contributed by atoms with Gasteiger partial charge in [-0.3, -0.25) is 14.4 Å². The summed E-state index contributed by atoms with van der Waals surface area (Å²) in [6, 6.07) is 6.35. The summed E-state index contributed by atoms with van der Waals surface area (Å²) in [5.41, 5.74) is 0.479. The van der Waals surface area contributed by atoms with Crippen molar-refractivity contribution in [1.29, 1.82) is 0 Å². The molecule has 0 spiro atoms. The summed E-state index contributed by atoms with van der Waals surface area (Å²) in [4.78, 5) is 48.7. The van der Waals surface area contributed by atoms with E-state index in [1.807, 2.05) is 0 Å². The number of benzene rings is 1. The fourth-order valence-electron chi connectivity index (χ4n) is 3.02. The Morgan fingerprint density at radius 1 is 0.714 bits per heavy atom. The molecule has 194 valence electrons. The molecule has 0 bridgehead atoms. The molecular weight excluding hydrogens is 462 g/mol. The molecule has 0 aromatic heterocycles. The number of carbonyl (C=O) groups excluding carboxylic acids is 4. The van der Waals surface area contributed by atoms with Crippen LogP contribution in [-0.2, 0) is 38.0 Å². The molecule has 0 saturated heterocycles. The second kappa shape index (κ2) is 16.1. The van der Waals surface area contributed by atoms with Crippen molar-refractivity contribution in [2.24, 2.45) is 0 Å². The van der Waals surface area contributed by atoms with E-state index in [-0.39, 0.29) is 43.5 Å². The number of esters is 1. The second-order valence-electron chi connectivity index (χ2n) is 7.68. The minimum atomic E-state index is -0.596. The van der Waals surface area contributed by atoms with Gasteiger partial charge in [0, 0.05) is 0 Å². The molecule has 0 atom stereocenters. The van der Waals surface area contributed by atoms with Crippen LogP contribution in [0.5, 0.6) is 0 Å². The molecule has 2 rings (SSSR count). The predicted octanol–water partition coefficient (Wildman–Crippen LogP) is 1.23. The van der Waals surface area contributed by atoms with Gasteiger partial charge >= 0.3 is 5.97 Å². The van der Waals surface area contributed by atoms with Crippen LogP contribution in [0.3, 0.4) is 0 Å². The van der Waals surface area contributed by atoms with Crippen LogP contribution >= 0.6 is 0 Å². The number of hydrogen-bond donors (Lipinski definition) is 0. The molecule has 11 nitrogen and oxygen atoms in total. The Bertz CT molecular complexity index is 806. The second-order valence-corrected chi connectivity index (χ2v) is 7.68. The number of hydrogen-bond acceptors (Lipinski definition) is 10. The predicted molar refractivity (Wildman–Crippen MR) is 122 cm³/mol. The molecule has 11 heteroatoms. The van der Waals surface area contributed by atoms with Crippen LogP contribution < -0.4 is 0 Å². The number of nitrogens with zero attached hydrogens (tertiary/aromatic N) is 1. The summed E-state index contributed by atoms with van der Waals surface area (Å²) < 4.78 is 31.5. The summed E-state index contributed by atoms with van der Waals surface area (Å²) in [6.07, 6.45) is -0.242. The smallest absolute Gasteiger partial charge is 0.332 e. The SMILES string of the molecule is CC(C)OC(=O)COCCOCCOCCOCCOCCC(=O)N1C(=O)c2ccccc2C1=O. The zero-order valence-corrected chi connectivity index (χ0v) is 20.2. The van der Waals surface area contributed by atoms with Gasteiger partial charge in [-0.1, -0.05) is 12.1 Å². The normalized spacial score (nSPS) is 12.9. The number of fused-ring (bicyclic) bond motifs is 1. The van der Waals surface area contributed by atoms with Crippen molar-refractivity contribution in [3.63, 3.8) is 0 Å². The van der Waals surface area contributed by atoms with E-state index in [0.29, 0.717) is 51.1 Å². The van der Waals surface area contributed by atoms with Gasteiger partial charge in [-0.05, 0) is 26.0 Å². The number of carbonyl (C=O) groups is 4. The van der Waals surface area contributed by atoms with Gasteiger partial charge in [0.1, 0.15) is 6.61 Å². The van der Waals surface area contributed by atoms with Gasteiger partial charge in [0.25, 0.3) is 11.8 Å². The van der Waals surface area contributed by atoms with Crippen molar-refractivity contribution in [1.82, 2.24) is 4.90 Å². The lowest BCUT2D eigenvalue weighted by Gasteiger charge is -2.12. The van der Waals surface area contributed by atoms with E-state index < -0.39 is 23.7 Å². The molecule has 3 amide bonds. The molecular formula is C24H33NO10. The summed E-state index contributed by atoms with van der Waals surface area (Å²) in [6.45, 7) is 6.30. The zero-order chi connectivity index (χ0) is 25.5. The Morgan fingerprint density at radius 3 is 1.60 bits per heavy atom. The van der Waals surface area contributed by atoms with Gasteiger partial charge in [0.05, 0.1) is 83.1 Å². The minimum Gasteiger partial charge on any atom is -0.461 e. The van der Waals surface area contributed by atoms with Crippen molar-refractivity contribution in [2.45, 2.75) is 26.4 Å². The van der Waals surface area contributed by atoms with E-state index in [0.717, 1.165) is 0 Å². The molecule has 1 aromatic rings. The van der Waals surface area contributed by atoms with Gasteiger partial charge in [0.2, 0.25) is 5.91 Å². The molecule has 0 radical (unpaired) electrons. The fraction of sp³-hybridized carbons (Fsp3) is 0.583. The van der Waals surface area contributed by atoms with Crippen molar-refractivity contribution in [2.75, 3.05) is 66.1 Å². The highest BCUT2D eigenvalue weighted by atomic mass is 16.6. The highest BCUT2D eigenvalue weighted by molar-refractivity contribution is 6.28. The fourth-order valence-corrected chi connectivity index (χ4v) is 3.02. The van der Waals surface area contributed by atoms with Gasteiger partial charge < -0.3 is 28.4 Å². The third-order valence-corrected chi connectivity index (χ3v) is 4.58. The van der Waals surface area contributed by atoms with E-state index in [4.69, 9.17) is 28.4 Å². The monoisotopic (exact) mass is 495 g/mol. The molecule has 0 unspecified atom stereocenters. The Labute approximate surface area is 204 Å². The summed E-state index contributed by atoms with van der Waals surface area (Å²) >= 11 is 0. The molecule has 1 aliphatic heterocycles. The lowest BCUT2D eigenvalue weighted by molar-refractivity contribution is -0.153. The highest BCUT2D eigenvalue weighted by Gasteiger charge is 2.39. The van der Waals surface area contributed by atoms with E-state index in [2.05, 4.69) is 0 Å². The number of imide groups is 3. The number of rotatable bonds is 18. The molecule has 1 heterocycles. The quantitative estimate of drug-likeness (QED) is 0.167. The first-order valence-electron chi connectivity index (χ1n) is 11.5. The van der Waals surface area contributed by atoms with Crippen molar-refractivity contribution >= 4 is 23.7 Å². The zero-order valence-electron chi connectivity index (χ0n) is 20.2. The Hall–Kier alpha value is -2.70. The maximum absolute atomic E-state index is 12.3. The lowest BCUT2D eigenvalue weighted by atomic mass is 10.1.